The molecule has 1 amide bonds. The van der Waals surface area contributed by atoms with Crippen LogP contribution in [0.5, 0.6) is 0 Å². The van der Waals surface area contributed by atoms with Crippen LogP contribution in [0.4, 0.5) is 0 Å². The van der Waals surface area contributed by atoms with Crippen molar-refractivity contribution in [1.82, 2.24) is 10.3 Å². The van der Waals surface area contributed by atoms with Gasteiger partial charge in [0.15, 0.2) is 12.4 Å². The van der Waals surface area contributed by atoms with Gasteiger partial charge in [-0.05, 0) is 19.4 Å². The molecule has 0 fully saturated rings. The molecule has 1 aromatic carbocycles. The minimum Gasteiger partial charge on any atom is -0.457 e. The number of ketones is 1. The van der Waals surface area contributed by atoms with E-state index in [0.29, 0.717) is 11.3 Å². The summed E-state index contributed by atoms with van der Waals surface area (Å²) in [5.41, 5.74) is 2.31. The average molecular weight is 407 g/mol. The number of thiazole rings is 1. The zero-order valence-electron chi connectivity index (χ0n) is 15.5. The van der Waals surface area contributed by atoms with Gasteiger partial charge in [0.05, 0.1) is 22.5 Å². The number of Topliss-reactive ketones (excluding diaryl/α,β-unsaturated/α-hetero) is 1. The van der Waals surface area contributed by atoms with Crippen molar-refractivity contribution >= 4 is 40.8 Å². The van der Waals surface area contributed by atoms with Crippen LogP contribution in [0.1, 0.15) is 46.5 Å². The first-order chi connectivity index (χ1) is 12.8. The topological polar surface area (TPSA) is 85.4 Å². The molecule has 8 heteroatoms. The molecule has 6 nitrogen and oxygen atoms in total. The van der Waals surface area contributed by atoms with Gasteiger partial charge in [-0.3, -0.25) is 14.4 Å². The van der Waals surface area contributed by atoms with E-state index in [4.69, 9.17) is 4.74 Å². The number of carbonyl (C=O) groups excluding carboxylic acids is 3. The van der Waals surface area contributed by atoms with Crippen LogP contribution in [0, 0.1) is 6.92 Å². The van der Waals surface area contributed by atoms with E-state index in [-0.39, 0.29) is 30.1 Å². The van der Waals surface area contributed by atoms with Crippen LogP contribution in [-0.2, 0) is 20.1 Å². The Morgan fingerprint density at radius 2 is 1.96 bits per heavy atom. The van der Waals surface area contributed by atoms with Gasteiger partial charge in [-0.25, -0.2) is 4.98 Å². The highest BCUT2D eigenvalue weighted by Crippen LogP contribution is 2.16. The maximum Gasteiger partial charge on any atom is 0.316 e. The molecule has 0 unspecified atom stereocenters. The lowest BCUT2D eigenvalue weighted by Gasteiger charge is -2.13. The molecule has 0 spiro atoms. The first-order valence-electron chi connectivity index (χ1n) is 8.39. The van der Waals surface area contributed by atoms with Crippen LogP contribution < -0.4 is 5.32 Å². The quantitative estimate of drug-likeness (QED) is 0.508. The van der Waals surface area contributed by atoms with Crippen molar-refractivity contribution in [3.8, 4) is 0 Å². The van der Waals surface area contributed by atoms with Crippen LogP contribution in [0.2, 0.25) is 0 Å². The van der Waals surface area contributed by atoms with E-state index in [1.54, 1.807) is 35.6 Å². The minimum absolute atomic E-state index is 0.114. The summed E-state index contributed by atoms with van der Waals surface area (Å²) in [7, 11) is 0. The second-order valence-electron chi connectivity index (χ2n) is 5.98. The van der Waals surface area contributed by atoms with E-state index in [9.17, 15) is 14.4 Å². The van der Waals surface area contributed by atoms with Gasteiger partial charge >= 0.3 is 5.97 Å². The predicted molar refractivity (Wildman–Crippen MR) is 107 cm³/mol. The molecule has 0 radical (unpaired) electrons. The van der Waals surface area contributed by atoms with Gasteiger partial charge in [-0.2, -0.15) is 0 Å². The van der Waals surface area contributed by atoms with E-state index >= 15 is 0 Å². The van der Waals surface area contributed by atoms with Gasteiger partial charge < -0.3 is 10.1 Å². The number of carbonyl (C=O) groups is 3. The Balaban J connectivity index is 1.74. The number of hydrogen-bond donors (Lipinski definition) is 1. The fourth-order valence-corrected chi connectivity index (χ4v) is 3.76. The molecule has 1 atom stereocenters. The predicted octanol–water partition coefficient (Wildman–Crippen LogP) is 3.31. The van der Waals surface area contributed by atoms with Crippen LogP contribution in [0.3, 0.4) is 0 Å². The number of nitrogens with one attached hydrogen (secondary N) is 1. The zero-order valence-corrected chi connectivity index (χ0v) is 17.1. The summed E-state index contributed by atoms with van der Waals surface area (Å²) < 4.78 is 5.05. The lowest BCUT2D eigenvalue weighted by atomic mass is 10.0. The molecule has 0 aliphatic heterocycles. The summed E-state index contributed by atoms with van der Waals surface area (Å²) in [6, 6.07) is 6.76. The Hall–Kier alpha value is -2.19. The van der Waals surface area contributed by atoms with Crippen molar-refractivity contribution < 1.29 is 19.1 Å². The number of aryl methyl sites for hydroxylation is 1. The van der Waals surface area contributed by atoms with Gasteiger partial charge in [0, 0.05) is 23.6 Å². The van der Waals surface area contributed by atoms with Crippen LogP contribution in [0.25, 0.3) is 0 Å². The molecule has 1 aromatic heterocycles. The third-order valence-electron chi connectivity index (χ3n) is 3.65. The van der Waals surface area contributed by atoms with Crippen molar-refractivity contribution in [2.45, 2.75) is 32.6 Å². The van der Waals surface area contributed by atoms with E-state index in [1.807, 2.05) is 19.2 Å². The minimum atomic E-state index is -0.420. The third-order valence-corrected chi connectivity index (χ3v) is 5.42. The Labute approximate surface area is 166 Å². The number of nitrogens with zero attached hydrogens (tertiary/aromatic N) is 1. The molecular weight excluding hydrogens is 384 g/mol. The molecule has 0 bridgehead atoms. The van der Waals surface area contributed by atoms with Gasteiger partial charge in [0.2, 0.25) is 5.91 Å². The second kappa shape index (κ2) is 10.2. The highest BCUT2D eigenvalue weighted by molar-refractivity contribution is 7.99. The number of benzene rings is 1. The van der Waals surface area contributed by atoms with E-state index in [1.165, 1.54) is 18.7 Å². The normalized spacial score (nSPS) is 11.7. The Bertz CT molecular complexity index is 802. The molecule has 27 heavy (non-hydrogen) atoms. The van der Waals surface area contributed by atoms with E-state index < -0.39 is 5.97 Å². The molecule has 1 heterocycles. The van der Waals surface area contributed by atoms with Gasteiger partial charge in [0.25, 0.3) is 0 Å². The van der Waals surface area contributed by atoms with Gasteiger partial charge in [-0.15, -0.1) is 23.1 Å². The highest BCUT2D eigenvalue weighted by Gasteiger charge is 2.12. The van der Waals surface area contributed by atoms with Crippen molar-refractivity contribution in [2.75, 3.05) is 12.4 Å². The standard InChI is InChI=1S/C19H22N2O4S2/c1-12(20-13(2)22)15-4-6-16(7-5-15)18(23)8-25-19(24)11-26-9-17-10-27-14(3)21-17/h4-7,10,12H,8-9,11H2,1-3H3,(H,20,22)/t12-/m1/s1. The molecule has 0 saturated carbocycles. The monoisotopic (exact) mass is 406 g/mol. The average Bonchev–Trinajstić information content (AvgIpc) is 3.04. The first-order valence-corrected chi connectivity index (χ1v) is 10.4. The number of rotatable bonds is 9. The molecular formula is C19H22N2O4S2. The molecule has 1 N–H and O–H groups in total. The largest absolute Gasteiger partial charge is 0.457 e. The lowest BCUT2D eigenvalue weighted by Crippen LogP contribution is -2.23. The van der Waals surface area contributed by atoms with Crippen molar-refractivity contribution in [3.05, 3.63) is 51.5 Å². The summed E-state index contributed by atoms with van der Waals surface area (Å²) in [5.74, 6) is 0.0222. The van der Waals surface area contributed by atoms with Crippen molar-refractivity contribution in [1.29, 1.82) is 0 Å². The Kier molecular flexibility index (Phi) is 7.99. The molecule has 0 saturated heterocycles. The highest BCUT2D eigenvalue weighted by atomic mass is 32.2. The summed E-state index contributed by atoms with van der Waals surface area (Å²) in [5, 5.41) is 5.74. The smallest absolute Gasteiger partial charge is 0.316 e. The number of ether oxygens (including phenoxy) is 1. The van der Waals surface area contributed by atoms with E-state index in [2.05, 4.69) is 10.3 Å². The maximum atomic E-state index is 12.1. The van der Waals surface area contributed by atoms with Crippen molar-refractivity contribution in [2.24, 2.45) is 0 Å². The summed E-state index contributed by atoms with van der Waals surface area (Å²) in [4.78, 5) is 39.3. The second-order valence-corrected chi connectivity index (χ2v) is 8.03. The summed E-state index contributed by atoms with van der Waals surface area (Å²) in [6.45, 7) is 4.98. The fraction of sp³-hybridized carbons (Fsp3) is 0.368. The maximum absolute atomic E-state index is 12.1. The fourth-order valence-electron chi connectivity index (χ4n) is 2.33. The molecule has 0 aliphatic rings. The first kappa shape index (κ1) is 21.1. The van der Waals surface area contributed by atoms with Crippen LogP contribution in [-0.4, -0.2) is 35.0 Å². The molecule has 0 aliphatic carbocycles. The van der Waals surface area contributed by atoms with Gasteiger partial charge in [-0.1, -0.05) is 24.3 Å². The summed E-state index contributed by atoms with van der Waals surface area (Å²) >= 11 is 2.98. The summed E-state index contributed by atoms with van der Waals surface area (Å²) in [6.07, 6.45) is 0. The lowest BCUT2D eigenvalue weighted by molar-refractivity contribution is -0.139. The third kappa shape index (κ3) is 7.15. The van der Waals surface area contributed by atoms with Crippen LogP contribution >= 0.6 is 23.1 Å². The molecule has 144 valence electrons. The number of amides is 1. The zero-order chi connectivity index (χ0) is 19.8. The SMILES string of the molecule is CC(=O)N[C@H](C)c1ccc(C(=O)COC(=O)CSCc2csc(C)n2)cc1. The molecule has 2 aromatic rings. The number of thioether (sulfide) groups is 1. The van der Waals surface area contributed by atoms with E-state index in [0.717, 1.165) is 16.3 Å². The van der Waals surface area contributed by atoms with Crippen molar-refractivity contribution in [3.63, 3.8) is 0 Å². The molecule has 2 rings (SSSR count). The number of esters is 1. The Morgan fingerprint density at radius 1 is 1.26 bits per heavy atom. The number of hydrogen-bond acceptors (Lipinski definition) is 7. The Morgan fingerprint density at radius 3 is 2.56 bits per heavy atom. The number of aromatic nitrogens is 1. The van der Waals surface area contributed by atoms with Crippen LogP contribution in [0.15, 0.2) is 29.6 Å². The van der Waals surface area contributed by atoms with Gasteiger partial charge in [0.1, 0.15) is 0 Å².